The molecule has 1 saturated heterocycles. The Labute approximate surface area is 195 Å². The summed E-state index contributed by atoms with van der Waals surface area (Å²) in [7, 11) is 0. The van der Waals surface area contributed by atoms with E-state index in [2.05, 4.69) is 27.4 Å². The van der Waals surface area contributed by atoms with Crippen LogP contribution in [0, 0.1) is 5.41 Å². The minimum absolute atomic E-state index is 0.0184. The molecule has 2 aromatic heterocycles. The van der Waals surface area contributed by atoms with E-state index in [1.807, 2.05) is 54.4 Å². The van der Waals surface area contributed by atoms with E-state index in [0.29, 0.717) is 32.5 Å². The van der Waals surface area contributed by atoms with Gasteiger partial charge in [-0.3, -0.25) is 19.6 Å². The largest absolute Gasteiger partial charge is 0.356 e. The number of carbonyl (C=O) groups excluding carboxylic acids is 2. The zero-order chi connectivity index (χ0) is 23.1. The molecular weight excluding hydrogens is 412 g/mol. The van der Waals surface area contributed by atoms with Gasteiger partial charge >= 0.3 is 0 Å². The van der Waals surface area contributed by atoms with E-state index < -0.39 is 5.41 Å². The van der Waals surface area contributed by atoms with Crippen LogP contribution in [0.15, 0.2) is 73.3 Å². The number of pyridine rings is 2. The van der Waals surface area contributed by atoms with Crippen LogP contribution in [-0.2, 0) is 22.4 Å². The first kappa shape index (κ1) is 22.6. The van der Waals surface area contributed by atoms with Crippen LogP contribution >= 0.6 is 0 Å². The zero-order valence-corrected chi connectivity index (χ0v) is 19.0. The summed E-state index contributed by atoms with van der Waals surface area (Å²) >= 11 is 0. The molecule has 6 nitrogen and oxygen atoms in total. The first-order valence-corrected chi connectivity index (χ1v) is 11.5. The van der Waals surface area contributed by atoms with E-state index in [9.17, 15) is 9.59 Å². The van der Waals surface area contributed by atoms with Gasteiger partial charge in [-0.2, -0.15) is 0 Å². The van der Waals surface area contributed by atoms with Crippen LogP contribution in [-0.4, -0.2) is 46.3 Å². The molecule has 3 aromatic rings. The van der Waals surface area contributed by atoms with Crippen molar-refractivity contribution in [3.05, 3.63) is 84.4 Å². The Morgan fingerprint density at radius 1 is 1.03 bits per heavy atom. The highest BCUT2D eigenvalue weighted by Crippen LogP contribution is 2.37. The first-order valence-electron chi connectivity index (χ1n) is 11.5. The van der Waals surface area contributed by atoms with Crippen LogP contribution in [0.5, 0.6) is 0 Å². The maximum absolute atomic E-state index is 13.4. The molecule has 0 saturated carbocycles. The fourth-order valence-electron chi connectivity index (χ4n) is 4.73. The van der Waals surface area contributed by atoms with Gasteiger partial charge in [-0.25, -0.2) is 0 Å². The summed E-state index contributed by atoms with van der Waals surface area (Å²) in [5.41, 5.74) is 3.42. The Hall–Kier alpha value is -3.54. The maximum atomic E-state index is 13.4. The summed E-state index contributed by atoms with van der Waals surface area (Å²) < 4.78 is 0. The monoisotopic (exact) mass is 442 g/mol. The third-order valence-corrected chi connectivity index (χ3v) is 6.35. The molecule has 6 heteroatoms. The lowest BCUT2D eigenvalue weighted by molar-refractivity contribution is -0.141. The van der Waals surface area contributed by atoms with Gasteiger partial charge in [0, 0.05) is 50.0 Å². The second kappa shape index (κ2) is 10.4. The lowest BCUT2D eigenvalue weighted by Crippen LogP contribution is -2.54. The highest BCUT2D eigenvalue weighted by Gasteiger charge is 2.43. The second-order valence-electron chi connectivity index (χ2n) is 8.67. The number of amides is 2. The molecule has 1 fully saturated rings. The van der Waals surface area contributed by atoms with Crippen molar-refractivity contribution in [1.82, 2.24) is 20.2 Å². The van der Waals surface area contributed by atoms with Crippen molar-refractivity contribution in [2.24, 2.45) is 5.41 Å². The molecular formula is C27H30N4O2. The van der Waals surface area contributed by atoms with Crippen molar-refractivity contribution in [2.75, 3.05) is 19.6 Å². The maximum Gasteiger partial charge on any atom is 0.228 e. The quantitative estimate of drug-likeness (QED) is 0.606. The molecule has 33 heavy (non-hydrogen) atoms. The van der Waals surface area contributed by atoms with Crippen molar-refractivity contribution in [3.63, 3.8) is 0 Å². The molecule has 1 aliphatic rings. The highest BCUT2D eigenvalue weighted by atomic mass is 16.2. The minimum Gasteiger partial charge on any atom is -0.356 e. The van der Waals surface area contributed by atoms with Crippen LogP contribution in [0.1, 0.15) is 30.9 Å². The molecule has 1 aliphatic heterocycles. The molecule has 1 aromatic carbocycles. The van der Waals surface area contributed by atoms with Crippen LogP contribution < -0.4 is 5.32 Å². The van der Waals surface area contributed by atoms with Crippen molar-refractivity contribution in [3.8, 4) is 11.1 Å². The number of hydrogen-bond donors (Lipinski definition) is 1. The van der Waals surface area contributed by atoms with E-state index in [4.69, 9.17) is 0 Å². The van der Waals surface area contributed by atoms with Gasteiger partial charge in [0.25, 0.3) is 0 Å². The van der Waals surface area contributed by atoms with Gasteiger partial charge < -0.3 is 10.2 Å². The Kier molecular flexibility index (Phi) is 7.13. The standard InChI is InChI=1S/C27H30N4O2/c1-2-30-26(33)27(17-22-9-3-4-11-24(22)23-10-6-14-29-19-23)12-7-15-31(20-27)25(32)16-21-8-5-13-28-18-21/h3-6,8-11,13-14,18-19H,2,7,12,15-17,20H2,1H3,(H,30,33)/t27-/m1/s1. The van der Waals surface area contributed by atoms with Gasteiger partial charge in [0.05, 0.1) is 11.8 Å². The fraction of sp³-hybridized carbons (Fsp3) is 0.333. The minimum atomic E-state index is -0.669. The SMILES string of the molecule is CCNC(=O)[C@@]1(Cc2ccccc2-c2cccnc2)CCCN(C(=O)Cc2cccnc2)C1. The summed E-state index contributed by atoms with van der Waals surface area (Å²) in [5.74, 6) is 0.0572. The van der Waals surface area contributed by atoms with Gasteiger partial charge in [0.1, 0.15) is 0 Å². The van der Waals surface area contributed by atoms with Crippen LogP contribution in [0.25, 0.3) is 11.1 Å². The number of carbonyl (C=O) groups is 2. The van der Waals surface area contributed by atoms with Gasteiger partial charge in [-0.05, 0) is 55.0 Å². The summed E-state index contributed by atoms with van der Waals surface area (Å²) in [5, 5.41) is 3.05. The van der Waals surface area contributed by atoms with Crippen LogP contribution in [0.4, 0.5) is 0 Å². The molecule has 170 valence electrons. The van der Waals surface area contributed by atoms with Crippen LogP contribution in [0.2, 0.25) is 0 Å². The Balaban J connectivity index is 1.62. The summed E-state index contributed by atoms with van der Waals surface area (Å²) in [6, 6.07) is 15.9. The van der Waals surface area contributed by atoms with E-state index in [-0.39, 0.29) is 11.8 Å². The predicted molar refractivity (Wildman–Crippen MR) is 128 cm³/mol. The first-order chi connectivity index (χ1) is 16.1. The van der Waals surface area contributed by atoms with Crippen molar-refractivity contribution in [1.29, 1.82) is 0 Å². The molecule has 0 spiro atoms. The van der Waals surface area contributed by atoms with Crippen molar-refractivity contribution in [2.45, 2.75) is 32.6 Å². The third-order valence-electron chi connectivity index (χ3n) is 6.35. The number of aromatic nitrogens is 2. The van der Waals surface area contributed by atoms with Gasteiger partial charge in [-0.1, -0.05) is 36.4 Å². The fourth-order valence-corrected chi connectivity index (χ4v) is 4.73. The molecule has 4 rings (SSSR count). The van der Waals surface area contributed by atoms with E-state index in [1.165, 1.54) is 0 Å². The Morgan fingerprint density at radius 2 is 1.82 bits per heavy atom. The van der Waals surface area contributed by atoms with E-state index in [0.717, 1.165) is 35.1 Å². The lowest BCUT2D eigenvalue weighted by atomic mass is 9.73. The number of piperidine rings is 1. The van der Waals surface area contributed by atoms with Crippen LogP contribution in [0.3, 0.4) is 0 Å². The van der Waals surface area contributed by atoms with Crippen molar-refractivity contribution < 1.29 is 9.59 Å². The van der Waals surface area contributed by atoms with Gasteiger partial charge in [0.15, 0.2) is 0 Å². The molecule has 0 bridgehead atoms. The number of benzene rings is 1. The Morgan fingerprint density at radius 3 is 2.55 bits per heavy atom. The molecule has 0 radical (unpaired) electrons. The number of hydrogen-bond acceptors (Lipinski definition) is 4. The molecule has 0 aliphatic carbocycles. The average Bonchev–Trinajstić information content (AvgIpc) is 2.86. The smallest absolute Gasteiger partial charge is 0.228 e. The molecule has 1 N–H and O–H groups in total. The molecule has 2 amide bonds. The van der Waals surface area contributed by atoms with E-state index in [1.54, 1.807) is 18.6 Å². The zero-order valence-electron chi connectivity index (χ0n) is 19.0. The molecule has 0 unspecified atom stereocenters. The van der Waals surface area contributed by atoms with Crippen molar-refractivity contribution >= 4 is 11.8 Å². The number of nitrogens with zero attached hydrogens (tertiary/aromatic N) is 3. The lowest BCUT2D eigenvalue weighted by Gasteiger charge is -2.42. The third kappa shape index (κ3) is 5.28. The topological polar surface area (TPSA) is 75.2 Å². The second-order valence-corrected chi connectivity index (χ2v) is 8.67. The molecule has 1 atom stereocenters. The summed E-state index contributed by atoms with van der Waals surface area (Å²) in [6.45, 7) is 3.58. The van der Waals surface area contributed by atoms with E-state index >= 15 is 0 Å². The number of nitrogens with one attached hydrogen (secondary N) is 1. The van der Waals surface area contributed by atoms with Gasteiger partial charge in [-0.15, -0.1) is 0 Å². The average molecular weight is 443 g/mol. The van der Waals surface area contributed by atoms with Gasteiger partial charge in [0.2, 0.25) is 11.8 Å². The summed E-state index contributed by atoms with van der Waals surface area (Å²) in [4.78, 5) is 36.8. The highest BCUT2D eigenvalue weighted by molar-refractivity contribution is 5.86. The molecule has 3 heterocycles. The summed E-state index contributed by atoms with van der Waals surface area (Å²) in [6.07, 6.45) is 9.45. The predicted octanol–water partition coefficient (Wildman–Crippen LogP) is 3.67. The Bertz CT molecular complexity index is 1090. The number of rotatable bonds is 7. The number of likely N-dealkylation sites (tertiary alicyclic amines) is 1. The normalized spacial score (nSPS) is 18.0.